The number of hydrogen-bond donors (Lipinski definition) is 0. The van der Waals surface area contributed by atoms with Crippen LogP contribution < -0.4 is 0 Å². The van der Waals surface area contributed by atoms with Crippen LogP contribution in [0.25, 0.3) is 22.3 Å². The van der Waals surface area contributed by atoms with Gasteiger partial charge in [0.25, 0.3) is 0 Å². The van der Waals surface area contributed by atoms with Crippen molar-refractivity contribution in [2.45, 2.75) is 52.4 Å². The molecule has 3 aromatic carbocycles. The van der Waals surface area contributed by atoms with Gasteiger partial charge in [-0.1, -0.05) is 65.8 Å². The number of nitriles is 2. The monoisotopic (exact) mass is 428 g/mol. The lowest BCUT2D eigenvalue weighted by Gasteiger charge is -2.32. The van der Waals surface area contributed by atoms with Crippen LogP contribution in [0.5, 0.6) is 0 Å². The maximum atomic E-state index is 16.2. The van der Waals surface area contributed by atoms with Gasteiger partial charge in [0.15, 0.2) is 0 Å². The second-order valence-electron chi connectivity index (χ2n) is 10.0. The lowest BCUT2D eigenvalue weighted by molar-refractivity contribution is 0.471. The zero-order valence-corrected chi connectivity index (χ0v) is 19.3. The molecule has 0 unspecified atom stereocenters. The Kier molecular flexibility index (Phi) is 5.94. The van der Waals surface area contributed by atoms with E-state index in [1.807, 2.05) is 20.8 Å². The van der Waals surface area contributed by atoms with Crippen LogP contribution in [0.1, 0.15) is 63.8 Å². The molecule has 0 amide bonds. The van der Waals surface area contributed by atoms with Gasteiger partial charge in [0.2, 0.25) is 0 Å². The van der Waals surface area contributed by atoms with Gasteiger partial charge in [-0.05, 0) is 51.8 Å². The molecule has 0 atom stereocenters. The summed E-state index contributed by atoms with van der Waals surface area (Å²) in [6.45, 7) is 11.2. The predicted molar refractivity (Wildman–Crippen MR) is 124 cm³/mol. The highest BCUT2D eigenvalue weighted by atomic mass is 19.1. The van der Waals surface area contributed by atoms with Crippen molar-refractivity contribution in [3.8, 4) is 34.4 Å². The molecule has 3 aromatic rings. The summed E-state index contributed by atoms with van der Waals surface area (Å²) in [5, 5.41) is 18.3. The highest BCUT2D eigenvalue weighted by Crippen LogP contribution is 2.47. The van der Waals surface area contributed by atoms with Gasteiger partial charge in [0.05, 0.1) is 23.3 Å². The average molecular weight is 429 g/mol. The van der Waals surface area contributed by atoms with Crippen molar-refractivity contribution in [2.75, 3.05) is 0 Å². The van der Waals surface area contributed by atoms with Gasteiger partial charge in [-0.15, -0.1) is 0 Å². The molecule has 3 rings (SSSR count). The summed E-state index contributed by atoms with van der Waals surface area (Å²) in [5.41, 5.74) is 1.99. The van der Waals surface area contributed by atoms with Crippen molar-refractivity contribution >= 4 is 0 Å². The molecule has 2 nitrogen and oxygen atoms in total. The van der Waals surface area contributed by atoms with Crippen LogP contribution in [0.4, 0.5) is 8.78 Å². The third-order valence-electron chi connectivity index (χ3n) is 5.48. The van der Waals surface area contributed by atoms with Crippen LogP contribution >= 0.6 is 0 Å². The van der Waals surface area contributed by atoms with E-state index in [-0.39, 0.29) is 5.56 Å². The molecule has 0 heterocycles. The normalized spacial score (nSPS) is 11.7. The lowest BCUT2D eigenvalue weighted by atomic mass is 9.73. The quantitative estimate of drug-likeness (QED) is 0.421. The van der Waals surface area contributed by atoms with E-state index in [4.69, 9.17) is 10.5 Å². The van der Waals surface area contributed by atoms with Gasteiger partial charge < -0.3 is 0 Å². The van der Waals surface area contributed by atoms with Gasteiger partial charge in [-0.3, -0.25) is 0 Å². The van der Waals surface area contributed by atoms with E-state index in [9.17, 15) is 0 Å². The van der Waals surface area contributed by atoms with Crippen molar-refractivity contribution in [3.05, 3.63) is 82.4 Å². The summed E-state index contributed by atoms with van der Waals surface area (Å²) in [6, 6.07) is 17.6. The van der Waals surface area contributed by atoms with E-state index < -0.39 is 22.5 Å². The minimum absolute atomic E-state index is 0.0178. The Balaban J connectivity index is 2.54. The molecule has 162 valence electrons. The molecule has 0 aromatic heterocycles. The van der Waals surface area contributed by atoms with Crippen LogP contribution in [-0.4, -0.2) is 0 Å². The summed E-state index contributed by atoms with van der Waals surface area (Å²) < 4.78 is 32.3. The SMILES string of the molecule is CC(C)(C)c1c(F)c(-c2ccc(C#N)cc2)c(C(C)(C)C)c(-c2ccc(C#N)cc2)c1F. The fourth-order valence-corrected chi connectivity index (χ4v) is 4.06. The highest BCUT2D eigenvalue weighted by Gasteiger charge is 2.35. The van der Waals surface area contributed by atoms with Crippen LogP contribution in [0.3, 0.4) is 0 Å². The van der Waals surface area contributed by atoms with Gasteiger partial charge in [0, 0.05) is 16.7 Å². The Morgan fingerprint density at radius 1 is 0.562 bits per heavy atom. The maximum Gasteiger partial charge on any atom is 0.138 e. The molecule has 32 heavy (non-hydrogen) atoms. The molecule has 0 aliphatic rings. The second kappa shape index (κ2) is 8.21. The van der Waals surface area contributed by atoms with Gasteiger partial charge in [-0.2, -0.15) is 10.5 Å². The van der Waals surface area contributed by atoms with Crippen LogP contribution in [-0.2, 0) is 10.8 Å². The maximum absolute atomic E-state index is 16.2. The number of hydrogen-bond acceptors (Lipinski definition) is 2. The van der Waals surface area contributed by atoms with E-state index in [2.05, 4.69) is 12.1 Å². The third-order valence-corrected chi connectivity index (χ3v) is 5.48. The van der Waals surface area contributed by atoms with Crippen molar-refractivity contribution < 1.29 is 8.78 Å². The topological polar surface area (TPSA) is 47.6 Å². The molecule has 0 saturated carbocycles. The first kappa shape index (κ1) is 23.2. The number of benzene rings is 3. The standard InChI is InChI=1S/C28H26F2N2/c1-27(2,3)23-21(19-11-7-17(15-31)8-12-19)25(29)24(28(4,5)6)26(30)22(23)20-13-9-18(16-32)10-14-20/h7-14H,1-6H3. The van der Waals surface area contributed by atoms with Crippen molar-refractivity contribution in [2.24, 2.45) is 0 Å². The van der Waals surface area contributed by atoms with E-state index in [1.165, 1.54) is 0 Å². The van der Waals surface area contributed by atoms with Crippen LogP contribution in [0.15, 0.2) is 48.5 Å². The molecule has 0 spiro atoms. The third kappa shape index (κ3) is 4.14. The van der Waals surface area contributed by atoms with E-state index in [0.29, 0.717) is 38.9 Å². The first-order valence-corrected chi connectivity index (χ1v) is 10.5. The molecule has 4 heteroatoms. The molecule has 0 bridgehead atoms. The lowest BCUT2D eigenvalue weighted by Crippen LogP contribution is -2.23. The second-order valence-corrected chi connectivity index (χ2v) is 10.0. The zero-order chi connectivity index (χ0) is 23.8. The molecule has 0 aliphatic heterocycles. The fourth-order valence-electron chi connectivity index (χ4n) is 4.06. The summed E-state index contributed by atoms with van der Waals surface area (Å²) in [6.07, 6.45) is 0. The summed E-state index contributed by atoms with van der Waals surface area (Å²) in [5.74, 6) is -1.16. The first-order chi connectivity index (χ1) is 14.9. The molecule has 0 saturated heterocycles. The average Bonchev–Trinajstić information content (AvgIpc) is 2.72. The fraction of sp³-hybridized carbons (Fsp3) is 0.286. The number of halogens is 2. The molecule has 0 fully saturated rings. The predicted octanol–water partition coefficient (Wildman–Crippen LogP) is 7.64. The summed E-state index contributed by atoms with van der Waals surface area (Å²) in [7, 11) is 0. The van der Waals surface area contributed by atoms with Crippen molar-refractivity contribution in [3.63, 3.8) is 0 Å². The number of rotatable bonds is 2. The molecular weight excluding hydrogens is 402 g/mol. The summed E-state index contributed by atoms with van der Waals surface area (Å²) >= 11 is 0. The molecular formula is C28H26F2N2. The minimum Gasteiger partial charge on any atom is -0.206 e. The Bertz CT molecular complexity index is 1160. The van der Waals surface area contributed by atoms with E-state index in [1.54, 1.807) is 69.3 Å². The summed E-state index contributed by atoms with van der Waals surface area (Å²) in [4.78, 5) is 0. The van der Waals surface area contributed by atoms with E-state index >= 15 is 8.78 Å². The van der Waals surface area contributed by atoms with Crippen LogP contribution in [0, 0.1) is 34.3 Å². The highest BCUT2D eigenvalue weighted by molar-refractivity contribution is 5.83. The largest absolute Gasteiger partial charge is 0.206 e. The van der Waals surface area contributed by atoms with Gasteiger partial charge in [-0.25, -0.2) is 8.78 Å². The van der Waals surface area contributed by atoms with Gasteiger partial charge in [0.1, 0.15) is 11.6 Å². The smallest absolute Gasteiger partial charge is 0.138 e. The Hall–Kier alpha value is -3.50. The zero-order valence-electron chi connectivity index (χ0n) is 19.3. The molecule has 0 N–H and O–H groups in total. The van der Waals surface area contributed by atoms with Crippen molar-refractivity contribution in [1.29, 1.82) is 10.5 Å². The Morgan fingerprint density at radius 3 is 1.12 bits per heavy atom. The first-order valence-electron chi connectivity index (χ1n) is 10.5. The van der Waals surface area contributed by atoms with Gasteiger partial charge >= 0.3 is 0 Å². The van der Waals surface area contributed by atoms with E-state index in [0.717, 1.165) is 0 Å². The molecule has 0 aliphatic carbocycles. The Labute approximate surface area is 188 Å². The van der Waals surface area contributed by atoms with Crippen molar-refractivity contribution in [1.82, 2.24) is 0 Å². The number of nitrogens with zero attached hydrogens (tertiary/aromatic N) is 2. The Morgan fingerprint density at radius 2 is 0.875 bits per heavy atom. The minimum atomic E-state index is -0.784. The molecule has 0 radical (unpaired) electrons. The van der Waals surface area contributed by atoms with Crippen LogP contribution in [0.2, 0.25) is 0 Å².